The number of hydrazone groups is 1. The maximum Gasteiger partial charge on any atom is 0.233 e. The molecule has 3 heterocycles. The highest BCUT2D eigenvalue weighted by Crippen LogP contribution is 2.40. The molecule has 0 aliphatic carbocycles. The molecule has 27 heavy (non-hydrogen) atoms. The first-order chi connectivity index (χ1) is 13.0. The summed E-state index contributed by atoms with van der Waals surface area (Å²) in [5.74, 6) is 0.419. The molecule has 0 unspecified atom stereocenters. The van der Waals surface area contributed by atoms with Gasteiger partial charge in [0.05, 0.1) is 29.0 Å². The Bertz CT molecular complexity index is 913. The van der Waals surface area contributed by atoms with Crippen LogP contribution in [0.5, 0.6) is 0 Å². The molecule has 0 N–H and O–H groups in total. The van der Waals surface area contributed by atoms with Gasteiger partial charge in [0.25, 0.3) is 0 Å². The zero-order valence-electron chi connectivity index (χ0n) is 15.1. The largest absolute Gasteiger partial charge is 0.338 e. The number of fused-ring (bicyclic) bond motifs is 3. The van der Waals surface area contributed by atoms with Crippen molar-refractivity contribution in [3.05, 3.63) is 29.8 Å². The molecule has 0 aromatic heterocycles. The van der Waals surface area contributed by atoms with E-state index in [0.717, 1.165) is 22.8 Å². The van der Waals surface area contributed by atoms with Gasteiger partial charge in [-0.15, -0.1) is 0 Å². The van der Waals surface area contributed by atoms with Crippen molar-refractivity contribution in [3.8, 4) is 0 Å². The maximum atomic E-state index is 12.8. The van der Waals surface area contributed by atoms with E-state index in [-0.39, 0.29) is 35.2 Å². The van der Waals surface area contributed by atoms with Gasteiger partial charge in [-0.25, -0.2) is 18.4 Å². The summed E-state index contributed by atoms with van der Waals surface area (Å²) in [5.41, 5.74) is 2.07. The van der Waals surface area contributed by atoms with Gasteiger partial charge in [-0.3, -0.25) is 4.79 Å². The summed E-state index contributed by atoms with van der Waals surface area (Å²) < 4.78 is 23.5. The SMILES string of the molecule is CCN(C(=O)CSC1=Nc2ccccc2[C@H]2CC=NN12)[C@@H]1CCS(=O)(=O)C1. The number of para-hydroxylation sites is 1. The van der Waals surface area contributed by atoms with E-state index in [0.29, 0.717) is 13.0 Å². The first-order valence-electron chi connectivity index (χ1n) is 9.10. The van der Waals surface area contributed by atoms with Gasteiger partial charge in [0.1, 0.15) is 0 Å². The fourth-order valence-electron chi connectivity index (χ4n) is 3.85. The Hall–Kier alpha value is -1.87. The molecule has 1 aromatic carbocycles. The lowest BCUT2D eigenvalue weighted by atomic mass is 10.0. The Kier molecular flexibility index (Phi) is 4.98. The summed E-state index contributed by atoms with van der Waals surface area (Å²) in [7, 11) is -3.02. The Morgan fingerprint density at radius 2 is 2.19 bits per heavy atom. The van der Waals surface area contributed by atoms with Crippen molar-refractivity contribution in [2.24, 2.45) is 10.1 Å². The molecule has 0 spiro atoms. The van der Waals surface area contributed by atoms with Crippen LogP contribution in [-0.2, 0) is 14.6 Å². The van der Waals surface area contributed by atoms with Crippen molar-refractivity contribution in [1.82, 2.24) is 9.91 Å². The molecule has 9 heteroatoms. The van der Waals surface area contributed by atoms with E-state index in [4.69, 9.17) is 4.99 Å². The van der Waals surface area contributed by atoms with Gasteiger partial charge < -0.3 is 4.90 Å². The highest BCUT2D eigenvalue weighted by Gasteiger charge is 2.35. The van der Waals surface area contributed by atoms with Crippen LogP contribution in [0, 0.1) is 0 Å². The molecular formula is C18H22N4O3S2. The summed E-state index contributed by atoms with van der Waals surface area (Å²) in [4.78, 5) is 19.1. The van der Waals surface area contributed by atoms with Crippen molar-refractivity contribution >= 4 is 44.6 Å². The second-order valence-corrected chi connectivity index (χ2v) is 10.0. The van der Waals surface area contributed by atoms with Crippen LogP contribution < -0.4 is 0 Å². The van der Waals surface area contributed by atoms with E-state index < -0.39 is 9.84 Å². The molecule has 2 atom stereocenters. The summed E-state index contributed by atoms with van der Waals surface area (Å²) >= 11 is 1.37. The van der Waals surface area contributed by atoms with Gasteiger partial charge in [-0.1, -0.05) is 30.0 Å². The third-order valence-electron chi connectivity index (χ3n) is 5.17. The molecule has 144 valence electrons. The molecule has 0 saturated carbocycles. The van der Waals surface area contributed by atoms with Crippen LogP contribution >= 0.6 is 11.8 Å². The van der Waals surface area contributed by atoms with E-state index in [2.05, 4.69) is 11.2 Å². The van der Waals surface area contributed by atoms with E-state index in [1.54, 1.807) is 4.90 Å². The van der Waals surface area contributed by atoms with Crippen LogP contribution in [0.4, 0.5) is 5.69 Å². The predicted octanol–water partition coefficient (Wildman–Crippen LogP) is 2.19. The van der Waals surface area contributed by atoms with Gasteiger partial charge in [0, 0.05) is 30.8 Å². The average molecular weight is 407 g/mol. The smallest absolute Gasteiger partial charge is 0.233 e. The highest BCUT2D eigenvalue weighted by molar-refractivity contribution is 8.14. The van der Waals surface area contributed by atoms with Gasteiger partial charge in [-0.05, 0) is 19.4 Å². The minimum atomic E-state index is -3.02. The van der Waals surface area contributed by atoms with Crippen molar-refractivity contribution in [1.29, 1.82) is 0 Å². The van der Waals surface area contributed by atoms with Crippen molar-refractivity contribution in [3.63, 3.8) is 0 Å². The fraction of sp³-hybridized carbons (Fsp3) is 0.500. The summed E-state index contributed by atoms with van der Waals surface area (Å²) in [6.07, 6.45) is 3.23. The first-order valence-corrected chi connectivity index (χ1v) is 11.9. The molecule has 0 bridgehead atoms. The van der Waals surface area contributed by atoms with Crippen LogP contribution in [-0.4, -0.2) is 65.5 Å². The Balaban J connectivity index is 1.47. The minimum Gasteiger partial charge on any atom is -0.338 e. The van der Waals surface area contributed by atoms with Gasteiger partial charge in [-0.2, -0.15) is 5.10 Å². The van der Waals surface area contributed by atoms with Crippen molar-refractivity contribution < 1.29 is 13.2 Å². The summed E-state index contributed by atoms with van der Waals surface area (Å²) in [5, 5.41) is 7.03. The highest BCUT2D eigenvalue weighted by atomic mass is 32.2. The molecule has 3 aliphatic heterocycles. The zero-order chi connectivity index (χ0) is 19.0. The Morgan fingerprint density at radius 1 is 1.37 bits per heavy atom. The van der Waals surface area contributed by atoms with Crippen LogP contribution in [0.15, 0.2) is 34.4 Å². The number of carbonyl (C=O) groups is 1. The number of amides is 1. The molecule has 7 nitrogen and oxygen atoms in total. The molecule has 1 fully saturated rings. The normalized spacial score (nSPS) is 25.1. The number of aliphatic imine (C=N–C) groups is 1. The van der Waals surface area contributed by atoms with Gasteiger partial charge >= 0.3 is 0 Å². The third kappa shape index (κ3) is 3.62. The van der Waals surface area contributed by atoms with E-state index in [9.17, 15) is 13.2 Å². The molecular weight excluding hydrogens is 384 g/mol. The van der Waals surface area contributed by atoms with Crippen molar-refractivity contribution in [2.75, 3.05) is 23.8 Å². The molecule has 1 aromatic rings. The molecule has 4 rings (SSSR count). The second kappa shape index (κ2) is 7.27. The van der Waals surface area contributed by atoms with E-state index >= 15 is 0 Å². The molecule has 3 aliphatic rings. The monoisotopic (exact) mass is 406 g/mol. The van der Waals surface area contributed by atoms with Crippen LogP contribution in [0.1, 0.15) is 31.4 Å². The molecule has 1 saturated heterocycles. The lowest BCUT2D eigenvalue weighted by Crippen LogP contribution is -2.42. The van der Waals surface area contributed by atoms with E-state index in [1.165, 1.54) is 11.8 Å². The predicted molar refractivity (Wildman–Crippen MR) is 108 cm³/mol. The average Bonchev–Trinajstić information content (AvgIpc) is 3.27. The zero-order valence-corrected chi connectivity index (χ0v) is 16.7. The second-order valence-electron chi connectivity index (χ2n) is 6.87. The van der Waals surface area contributed by atoms with Crippen LogP contribution in [0.3, 0.4) is 0 Å². The number of hydrogen-bond donors (Lipinski definition) is 0. The summed E-state index contributed by atoms with van der Waals surface area (Å²) in [6.45, 7) is 2.40. The molecule has 1 amide bonds. The lowest BCUT2D eigenvalue weighted by Gasteiger charge is -2.31. The minimum absolute atomic E-state index is 0.0501. The molecule has 0 radical (unpaired) electrons. The van der Waals surface area contributed by atoms with E-state index in [1.807, 2.05) is 36.3 Å². The number of nitrogens with zero attached hydrogens (tertiary/aromatic N) is 4. The number of rotatable bonds is 4. The number of hydrogen-bond acceptors (Lipinski definition) is 7. The standard InChI is InChI=1S/C18H22N4O3S2/c1-2-21(13-8-10-27(24,25)12-13)17(23)11-26-18-20-15-6-4-3-5-14(15)16-7-9-19-22(16)18/h3-6,9,13,16H,2,7-8,10-12H2,1H3/t13-,16-/m1/s1. The fourth-order valence-corrected chi connectivity index (χ4v) is 6.47. The van der Waals surface area contributed by atoms with Crippen LogP contribution in [0.2, 0.25) is 0 Å². The van der Waals surface area contributed by atoms with Crippen LogP contribution in [0.25, 0.3) is 0 Å². The topological polar surface area (TPSA) is 82.4 Å². The number of thioether (sulfide) groups is 1. The number of benzene rings is 1. The maximum absolute atomic E-state index is 12.8. The third-order valence-corrected chi connectivity index (χ3v) is 7.85. The van der Waals surface area contributed by atoms with Gasteiger partial charge in [0.2, 0.25) is 5.91 Å². The van der Waals surface area contributed by atoms with Crippen molar-refractivity contribution in [2.45, 2.75) is 31.8 Å². The number of sulfone groups is 1. The lowest BCUT2D eigenvalue weighted by molar-refractivity contribution is -0.129. The van der Waals surface area contributed by atoms with Gasteiger partial charge in [0.15, 0.2) is 15.0 Å². The summed E-state index contributed by atoms with van der Waals surface area (Å²) in [6, 6.07) is 7.94. The number of carbonyl (C=O) groups excluding carboxylic acids is 1. The Labute approximate surface area is 163 Å². The Morgan fingerprint density at radius 3 is 2.93 bits per heavy atom. The number of amidine groups is 1. The quantitative estimate of drug-likeness (QED) is 0.765. The first kappa shape index (κ1) is 18.5.